The highest BCUT2D eigenvalue weighted by molar-refractivity contribution is 5.87. The van der Waals surface area contributed by atoms with Crippen molar-refractivity contribution in [1.82, 2.24) is 20.1 Å². The molecule has 0 saturated heterocycles. The van der Waals surface area contributed by atoms with E-state index >= 15 is 0 Å². The van der Waals surface area contributed by atoms with E-state index in [1.165, 1.54) is 18.3 Å². The standard InChI is InChI=1S/C17H28N4O3/c1-5-21(9-8-20(4)13(2)3)16(22)12-18-11-15-10-14(17(23)24)6-7-19-15/h6-7,10,13,18H,5,8-9,11-12H2,1-4H3,(H,23,24). The van der Waals surface area contributed by atoms with Gasteiger partial charge in [-0.05, 0) is 40.0 Å². The molecule has 1 amide bonds. The molecule has 7 heteroatoms. The Morgan fingerprint density at radius 2 is 2.04 bits per heavy atom. The summed E-state index contributed by atoms with van der Waals surface area (Å²) in [7, 11) is 2.04. The van der Waals surface area contributed by atoms with Crippen molar-refractivity contribution < 1.29 is 14.7 Å². The fourth-order valence-electron chi connectivity index (χ4n) is 2.11. The van der Waals surface area contributed by atoms with Crippen LogP contribution in [0.15, 0.2) is 18.3 Å². The van der Waals surface area contributed by atoms with E-state index in [9.17, 15) is 9.59 Å². The van der Waals surface area contributed by atoms with E-state index in [1.54, 1.807) is 0 Å². The van der Waals surface area contributed by atoms with Crippen LogP contribution in [0.1, 0.15) is 36.8 Å². The van der Waals surface area contributed by atoms with Gasteiger partial charge in [-0.2, -0.15) is 0 Å². The summed E-state index contributed by atoms with van der Waals surface area (Å²) < 4.78 is 0. The molecule has 1 heterocycles. The van der Waals surface area contributed by atoms with Crippen LogP contribution in [0.4, 0.5) is 0 Å². The molecule has 0 unspecified atom stereocenters. The largest absolute Gasteiger partial charge is 0.478 e. The van der Waals surface area contributed by atoms with E-state index < -0.39 is 5.97 Å². The van der Waals surface area contributed by atoms with Gasteiger partial charge in [0.1, 0.15) is 0 Å². The number of likely N-dealkylation sites (N-methyl/N-ethyl adjacent to an activating group) is 2. The Morgan fingerprint density at radius 3 is 2.62 bits per heavy atom. The maximum atomic E-state index is 12.3. The number of carbonyl (C=O) groups is 2. The third-order valence-corrected chi connectivity index (χ3v) is 3.98. The topological polar surface area (TPSA) is 85.8 Å². The van der Waals surface area contributed by atoms with E-state index in [0.29, 0.717) is 31.4 Å². The van der Waals surface area contributed by atoms with Crippen LogP contribution in [-0.4, -0.2) is 71.0 Å². The number of aromatic nitrogens is 1. The van der Waals surface area contributed by atoms with Gasteiger partial charge in [0, 0.05) is 38.4 Å². The molecular weight excluding hydrogens is 308 g/mol. The number of hydrogen-bond donors (Lipinski definition) is 2. The Kier molecular flexibility index (Phi) is 8.35. The minimum Gasteiger partial charge on any atom is -0.478 e. The van der Waals surface area contributed by atoms with Crippen LogP contribution >= 0.6 is 0 Å². The van der Waals surface area contributed by atoms with Crippen molar-refractivity contribution in [3.05, 3.63) is 29.6 Å². The molecule has 7 nitrogen and oxygen atoms in total. The van der Waals surface area contributed by atoms with Crippen molar-refractivity contribution in [3.8, 4) is 0 Å². The van der Waals surface area contributed by atoms with Crippen LogP contribution in [0.25, 0.3) is 0 Å². The SMILES string of the molecule is CCN(CCN(C)C(C)C)C(=O)CNCc1cc(C(=O)O)ccn1. The second-order valence-electron chi connectivity index (χ2n) is 5.99. The van der Waals surface area contributed by atoms with Crippen molar-refractivity contribution in [2.75, 3.05) is 33.2 Å². The van der Waals surface area contributed by atoms with Gasteiger partial charge in [-0.15, -0.1) is 0 Å². The molecule has 0 spiro atoms. The van der Waals surface area contributed by atoms with Crippen molar-refractivity contribution in [2.24, 2.45) is 0 Å². The van der Waals surface area contributed by atoms with Crippen LogP contribution in [-0.2, 0) is 11.3 Å². The summed E-state index contributed by atoms with van der Waals surface area (Å²) in [6, 6.07) is 3.40. The summed E-state index contributed by atoms with van der Waals surface area (Å²) in [5, 5.41) is 12.0. The zero-order chi connectivity index (χ0) is 18.1. The summed E-state index contributed by atoms with van der Waals surface area (Å²) in [4.78, 5) is 31.3. The van der Waals surface area contributed by atoms with Gasteiger partial charge in [0.2, 0.25) is 5.91 Å². The molecule has 0 radical (unpaired) electrons. The molecule has 0 aliphatic carbocycles. The summed E-state index contributed by atoms with van der Waals surface area (Å²) in [6.07, 6.45) is 1.46. The molecule has 0 fully saturated rings. The highest BCUT2D eigenvalue weighted by Crippen LogP contribution is 2.02. The molecule has 0 atom stereocenters. The van der Waals surface area contributed by atoms with Gasteiger partial charge in [0.05, 0.1) is 17.8 Å². The van der Waals surface area contributed by atoms with Gasteiger partial charge >= 0.3 is 5.97 Å². The number of pyridine rings is 1. The first kappa shape index (κ1) is 20.1. The van der Waals surface area contributed by atoms with Crippen LogP contribution in [0.2, 0.25) is 0 Å². The fraction of sp³-hybridized carbons (Fsp3) is 0.588. The van der Waals surface area contributed by atoms with Crippen LogP contribution in [0.5, 0.6) is 0 Å². The minimum atomic E-state index is -0.985. The number of rotatable bonds is 10. The lowest BCUT2D eigenvalue weighted by Crippen LogP contribution is -2.42. The third kappa shape index (κ3) is 6.64. The zero-order valence-corrected chi connectivity index (χ0v) is 15.0. The van der Waals surface area contributed by atoms with Crippen LogP contribution in [0.3, 0.4) is 0 Å². The summed E-state index contributed by atoms with van der Waals surface area (Å²) in [6.45, 7) is 8.96. The predicted molar refractivity (Wildman–Crippen MR) is 92.9 cm³/mol. The molecule has 2 N–H and O–H groups in total. The summed E-state index contributed by atoms with van der Waals surface area (Å²) >= 11 is 0. The van der Waals surface area contributed by atoms with Crippen molar-refractivity contribution in [1.29, 1.82) is 0 Å². The Bertz CT molecular complexity index is 548. The predicted octanol–water partition coefficient (Wildman–Crippen LogP) is 1.06. The first-order chi connectivity index (χ1) is 11.3. The smallest absolute Gasteiger partial charge is 0.335 e. The van der Waals surface area contributed by atoms with Crippen LogP contribution in [0, 0.1) is 0 Å². The highest BCUT2D eigenvalue weighted by atomic mass is 16.4. The normalized spacial score (nSPS) is 11.1. The number of carboxylic acid groups (broad SMARTS) is 1. The van der Waals surface area contributed by atoms with Gasteiger partial charge in [0.15, 0.2) is 0 Å². The van der Waals surface area contributed by atoms with Crippen LogP contribution < -0.4 is 5.32 Å². The lowest BCUT2D eigenvalue weighted by Gasteiger charge is -2.26. The molecule has 0 aromatic carbocycles. The first-order valence-corrected chi connectivity index (χ1v) is 8.22. The van der Waals surface area contributed by atoms with Gasteiger partial charge in [-0.1, -0.05) is 0 Å². The lowest BCUT2D eigenvalue weighted by atomic mass is 10.2. The average molecular weight is 336 g/mol. The number of nitrogens with zero attached hydrogens (tertiary/aromatic N) is 3. The molecule has 1 aromatic heterocycles. The molecule has 0 saturated carbocycles. The Balaban J connectivity index is 2.43. The molecule has 134 valence electrons. The summed E-state index contributed by atoms with van der Waals surface area (Å²) in [5.41, 5.74) is 0.797. The maximum absolute atomic E-state index is 12.3. The quantitative estimate of drug-likeness (QED) is 0.664. The van der Waals surface area contributed by atoms with E-state index in [2.05, 4.69) is 29.0 Å². The number of carboxylic acids is 1. The second-order valence-corrected chi connectivity index (χ2v) is 5.99. The molecule has 1 rings (SSSR count). The molecule has 24 heavy (non-hydrogen) atoms. The fourth-order valence-corrected chi connectivity index (χ4v) is 2.11. The second kappa shape index (κ2) is 10.00. The molecule has 0 aliphatic heterocycles. The number of carbonyl (C=O) groups excluding carboxylic acids is 1. The van der Waals surface area contributed by atoms with Gasteiger partial charge in [-0.25, -0.2) is 4.79 Å². The van der Waals surface area contributed by atoms with E-state index in [4.69, 9.17) is 5.11 Å². The molecule has 1 aromatic rings. The van der Waals surface area contributed by atoms with Gasteiger partial charge < -0.3 is 20.2 Å². The molecular formula is C17H28N4O3. The number of nitrogens with one attached hydrogen (secondary N) is 1. The highest BCUT2D eigenvalue weighted by Gasteiger charge is 2.13. The Labute approximate surface area is 143 Å². The van der Waals surface area contributed by atoms with E-state index in [1.807, 2.05) is 18.9 Å². The monoisotopic (exact) mass is 336 g/mol. The zero-order valence-electron chi connectivity index (χ0n) is 15.0. The lowest BCUT2D eigenvalue weighted by molar-refractivity contribution is -0.130. The third-order valence-electron chi connectivity index (χ3n) is 3.98. The molecule has 0 aliphatic rings. The Hall–Kier alpha value is -1.99. The van der Waals surface area contributed by atoms with Crippen molar-refractivity contribution in [3.63, 3.8) is 0 Å². The van der Waals surface area contributed by atoms with Gasteiger partial charge in [-0.3, -0.25) is 9.78 Å². The average Bonchev–Trinajstić information content (AvgIpc) is 2.55. The van der Waals surface area contributed by atoms with E-state index in [-0.39, 0.29) is 18.0 Å². The van der Waals surface area contributed by atoms with Crippen molar-refractivity contribution in [2.45, 2.75) is 33.4 Å². The summed E-state index contributed by atoms with van der Waals surface area (Å²) in [5.74, 6) is -0.954. The van der Waals surface area contributed by atoms with E-state index in [0.717, 1.165) is 6.54 Å². The maximum Gasteiger partial charge on any atom is 0.335 e. The minimum absolute atomic E-state index is 0.0315. The van der Waals surface area contributed by atoms with Gasteiger partial charge in [0.25, 0.3) is 0 Å². The molecule has 0 bridgehead atoms. The first-order valence-electron chi connectivity index (χ1n) is 8.22. The number of aromatic carboxylic acids is 1. The Morgan fingerprint density at radius 1 is 1.33 bits per heavy atom. The number of hydrogen-bond acceptors (Lipinski definition) is 5. The van der Waals surface area contributed by atoms with Crippen molar-refractivity contribution >= 4 is 11.9 Å². The number of amides is 1.